The Bertz CT molecular complexity index is 362. The van der Waals surface area contributed by atoms with E-state index in [4.69, 9.17) is 5.11 Å². The van der Waals surface area contributed by atoms with E-state index in [9.17, 15) is 4.79 Å². The maximum absolute atomic E-state index is 11.0. The highest BCUT2D eigenvalue weighted by molar-refractivity contribution is 7.98. The van der Waals surface area contributed by atoms with Crippen LogP contribution in [0.5, 0.6) is 0 Å². The highest BCUT2D eigenvalue weighted by Gasteiger charge is 2.20. The molecule has 0 aromatic heterocycles. The molecule has 0 heterocycles. The quantitative estimate of drug-likeness (QED) is 0.765. The highest BCUT2D eigenvalue weighted by Crippen LogP contribution is 2.15. The third kappa shape index (κ3) is 4.40. The number of rotatable bonds is 6. The van der Waals surface area contributed by atoms with Gasteiger partial charge in [0, 0.05) is 11.4 Å². The van der Waals surface area contributed by atoms with Crippen LogP contribution in [-0.2, 0) is 11.3 Å². The maximum atomic E-state index is 11.0. The van der Waals surface area contributed by atoms with Gasteiger partial charge in [-0.1, -0.05) is 26.0 Å². The first-order valence-electron chi connectivity index (χ1n) is 5.63. The van der Waals surface area contributed by atoms with Gasteiger partial charge in [-0.25, -0.2) is 0 Å². The van der Waals surface area contributed by atoms with E-state index in [1.165, 1.54) is 4.90 Å². The molecule has 17 heavy (non-hydrogen) atoms. The second-order valence-electron chi connectivity index (χ2n) is 4.29. The SMILES string of the molecule is CSc1ccc(CN[C@@H](C(=O)O)C(C)C)cc1. The Morgan fingerprint density at radius 1 is 1.35 bits per heavy atom. The first kappa shape index (κ1) is 14.1. The smallest absolute Gasteiger partial charge is 0.320 e. The Morgan fingerprint density at radius 2 is 1.94 bits per heavy atom. The van der Waals surface area contributed by atoms with Crippen LogP contribution in [0.1, 0.15) is 19.4 Å². The molecular weight excluding hydrogens is 234 g/mol. The number of carboxylic acids is 1. The molecule has 94 valence electrons. The summed E-state index contributed by atoms with van der Waals surface area (Å²) in [7, 11) is 0. The topological polar surface area (TPSA) is 49.3 Å². The first-order chi connectivity index (χ1) is 8.04. The normalized spacial score (nSPS) is 12.7. The fourth-order valence-electron chi connectivity index (χ4n) is 1.58. The second kappa shape index (κ2) is 6.67. The van der Waals surface area contributed by atoms with E-state index in [0.717, 1.165) is 5.56 Å². The average molecular weight is 253 g/mol. The molecule has 1 aromatic carbocycles. The van der Waals surface area contributed by atoms with Gasteiger partial charge in [0.2, 0.25) is 0 Å². The molecule has 0 aliphatic rings. The summed E-state index contributed by atoms with van der Waals surface area (Å²) >= 11 is 1.70. The fraction of sp³-hybridized carbons (Fsp3) is 0.462. The van der Waals surface area contributed by atoms with E-state index < -0.39 is 12.0 Å². The van der Waals surface area contributed by atoms with Crippen LogP contribution in [0, 0.1) is 5.92 Å². The molecule has 1 atom stereocenters. The van der Waals surface area contributed by atoms with Crippen LogP contribution in [-0.4, -0.2) is 23.4 Å². The minimum absolute atomic E-state index is 0.0815. The lowest BCUT2D eigenvalue weighted by molar-refractivity contribution is -0.140. The van der Waals surface area contributed by atoms with Gasteiger partial charge in [0.1, 0.15) is 6.04 Å². The van der Waals surface area contributed by atoms with Crippen molar-refractivity contribution in [2.24, 2.45) is 5.92 Å². The standard InChI is InChI=1S/C13H19NO2S/c1-9(2)12(13(15)16)14-8-10-4-6-11(17-3)7-5-10/h4-7,9,12,14H,8H2,1-3H3,(H,15,16)/t12-/m1/s1. The minimum atomic E-state index is -0.791. The van der Waals surface area contributed by atoms with Gasteiger partial charge in [-0.2, -0.15) is 0 Å². The van der Waals surface area contributed by atoms with E-state index in [1.54, 1.807) is 11.8 Å². The first-order valence-corrected chi connectivity index (χ1v) is 6.86. The van der Waals surface area contributed by atoms with Crippen molar-refractivity contribution in [1.82, 2.24) is 5.32 Å². The third-order valence-corrected chi connectivity index (χ3v) is 3.36. The lowest BCUT2D eigenvalue weighted by Gasteiger charge is -2.17. The summed E-state index contributed by atoms with van der Waals surface area (Å²) in [5, 5.41) is 12.1. The minimum Gasteiger partial charge on any atom is -0.480 e. The van der Waals surface area contributed by atoms with Gasteiger partial charge >= 0.3 is 5.97 Å². The van der Waals surface area contributed by atoms with Gasteiger partial charge < -0.3 is 10.4 Å². The van der Waals surface area contributed by atoms with Crippen molar-refractivity contribution in [3.8, 4) is 0 Å². The zero-order chi connectivity index (χ0) is 12.8. The van der Waals surface area contributed by atoms with Crippen molar-refractivity contribution in [2.75, 3.05) is 6.26 Å². The molecule has 1 rings (SSSR count). The summed E-state index contributed by atoms with van der Waals surface area (Å²) < 4.78 is 0. The van der Waals surface area contributed by atoms with Crippen molar-refractivity contribution < 1.29 is 9.90 Å². The lowest BCUT2D eigenvalue weighted by Crippen LogP contribution is -2.40. The Labute approximate surface area is 107 Å². The van der Waals surface area contributed by atoms with Crippen molar-refractivity contribution >= 4 is 17.7 Å². The summed E-state index contributed by atoms with van der Waals surface area (Å²) in [5.41, 5.74) is 1.11. The molecule has 0 aliphatic carbocycles. The van der Waals surface area contributed by atoms with Crippen LogP contribution in [0.15, 0.2) is 29.2 Å². The van der Waals surface area contributed by atoms with Crippen LogP contribution in [0.4, 0.5) is 0 Å². The Hall–Kier alpha value is -1.00. The number of benzene rings is 1. The Balaban J connectivity index is 2.56. The number of carboxylic acid groups (broad SMARTS) is 1. The number of hydrogen-bond donors (Lipinski definition) is 2. The van der Waals surface area contributed by atoms with Crippen molar-refractivity contribution in [2.45, 2.75) is 31.3 Å². The number of hydrogen-bond acceptors (Lipinski definition) is 3. The number of aliphatic carboxylic acids is 1. The summed E-state index contributed by atoms with van der Waals surface area (Å²) in [6, 6.07) is 7.66. The van der Waals surface area contributed by atoms with Crippen molar-refractivity contribution in [3.05, 3.63) is 29.8 Å². The second-order valence-corrected chi connectivity index (χ2v) is 5.17. The van der Waals surface area contributed by atoms with Gasteiger partial charge in [-0.15, -0.1) is 11.8 Å². The third-order valence-electron chi connectivity index (χ3n) is 2.62. The molecule has 0 amide bonds. The molecule has 0 fully saturated rings. The Kier molecular flexibility index (Phi) is 5.51. The fourth-order valence-corrected chi connectivity index (χ4v) is 1.99. The van der Waals surface area contributed by atoms with Crippen LogP contribution in [0.3, 0.4) is 0 Å². The molecule has 3 nitrogen and oxygen atoms in total. The molecule has 0 radical (unpaired) electrons. The summed E-state index contributed by atoms with van der Waals surface area (Å²) in [6.07, 6.45) is 2.03. The predicted molar refractivity (Wildman–Crippen MR) is 71.3 cm³/mol. The van der Waals surface area contributed by atoms with E-state index in [1.807, 2.05) is 44.4 Å². The number of carbonyl (C=O) groups is 1. The maximum Gasteiger partial charge on any atom is 0.320 e. The van der Waals surface area contributed by atoms with Gasteiger partial charge in [0.15, 0.2) is 0 Å². The molecule has 2 N–H and O–H groups in total. The largest absolute Gasteiger partial charge is 0.480 e. The number of nitrogens with one attached hydrogen (secondary N) is 1. The summed E-state index contributed by atoms with van der Waals surface area (Å²) in [6.45, 7) is 4.40. The predicted octanol–water partition coefficient (Wildman–Crippen LogP) is 2.61. The summed E-state index contributed by atoms with van der Waals surface area (Å²) in [4.78, 5) is 12.2. The molecule has 0 spiro atoms. The zero-order valence-corrected chi connectivity index (χ0v) is 11.3. The van der Waals surface area contributed by atoms with Gasteiger partial charge in [0.25, 0.3) is 0 Å². The molecule has 0 saturated heterocycles. The van der Waals surface area contributed by atoms with E-state index in [0.29, 0.717) is 6.54 Å². The van der Waals surface area contributed by atoms with Gasteiger partial charge in [-0.3, -0.25) is 4.79 Å². The molecule has 0 bridgehead atoms. The molecule has 0 saturated carbocycles. The molecule has 0 aliphatic heterocycles. The highest BCUT2D eigenvalue weighted by atomic mass is 32.2. The average Bonchev–Trinajstić information content (AvgIpc) is 2.29. The van der Waals surface area contributed by atoms with Crippen molar-refractivity contribution in [1.29, 1.82) is 0 Å². The van der Waals surface area contributed by atoms with Crippen LogP contribution in [0.2, 0.25) is 0 Å². The van der Waals surface area contributed by atoms with E-state index in [2.05, 4.69) is 5.32 Å². The monoisotopic (exact) mass is 253 g/mol. The lowest BCUT2D eigenvalue weighted by atomic mass is 10.0. The molecule has 4 heteroatoms. The van der Waals surface area contributed by atoms with Gasteiger partial charge in [0.05, 0.1) is 0 Å². The van der Waals surface area contributed by atoms with E-state index in [-0.39, 0.29) is 5.92 Å². The van der Waals surface area contributed by atoms with Crippen LogP contribution < -0.4 is 5.32 Å². The Morgan fingerprint density at radius 3 is 2.35 bits per heavy atom. The molecule has 0 unspecified atom stereocenters. The summed E-state index contributed by atoms with van der Waals surface area (Å²) in [5.74, 6) is -0.710. The van der Waals surface area contributed by atoms with Crippen molar-refractivity contribution in [3.63, 3.8) is 0 Å². The zero-order valence-electron chi connectivity index (χ0n) is 10.4. The van der Waals surface area contributed by atoms with Crippen LogP contribution in [0.25, 0.3) is 0 Å². The van der Waals surface area contributed by atoms with E-state index >= 15 is 0 Å². The molecule has 1 aromatic rings. The molecular formula is C13H19NO2S. The van der Waals surface area contributed by atoms with Gasteiger partial charge in [-0.05, 0) is 29.9 Å². The number of thioether (sulfide) groups is 1. The van der Waals surface area contributed by atoms with Crippen LogP contribution >= 0.6 is 11.8 Å².